The van der Waals surface area contributed by atoms with E-state index in [9.17, 15) is 0 Å². The summed E-state index contributed by atoms with van der Waals surface area (Å²) in [6.45, 7) is 0. The Labute approximate surface area is 333 Å². The maximum absolute atomic E-state index is 6.31. The van der Waals surface area contributed by atoms with Gasteiger partial charge >= 0.3 is 0 Å². The molecule has 0 bridgehead atoms. The van der Waals surface area contributed by atoms with Crippen molar-refractivity contribution in [2.45, 2.75) is 0 Å². The summed E-state index contributed by atoms with van der Waals surface area (Å²) in [5.41, 5.74) is 14.7. The highest BCUT2D eigenvalue weighted by molar-refractivity contribution is 6.27. The van der Waals surface area contributed by atoms with Crippen LogP contribution in [0.3, 0.4) is 0 Å². The second-order valence-corrected chi connectivity index (χ2v) is 15.3. The molecule has 0 fully saturated rings. The molecule has 270 valence electrons. The molecule has 0 spiro atoms. The maximum Gasteiger partial charge on any atom is 0.135 e. The molecule has 0 unspecified atom stereocenters. The van der Waals surface area contributed by atoms with Gasteiger partial charge in [0.15, 0.2) is 0 Å². The van der Waals surface area contributed by atoms with Gasteiger partial charge in [-0.3, -0.25) is 0 Å². The summed E-state index contributed by atoms with van der Waals surface area (Å²) in [7, 11) is 0. The molecule has 58 heavy (non-hydrogen) atoms. The standard InChI is InChI=1S/C54H33N3O/c1-2-12-36(13-3-1)56-46-18-8-5-15-40(46)44-32-35(24-29-49(44)56)34-22-25-37(26-23-34)55(38-27-31-52-45(33-38)41-16-7-11-21-51(41)58-52)50-30-28-42-39-14-4-9-19-47(39)57-48-20-10-6-17-43(48)53(50)54(42)57/h1-33H. The van der Waals surface area contributed by atoms with Gasteiger partial charge in [-0.25, -0.2) is 0 Å². The second kappa shape index (κ2) is 11.8. The van der Waals surface area contributed by atoms with E-state index in [1.54, 1.807) is 0 Å². The third kappa shape index (κ3) is 4.34. The summed E-state index contributed by atoms with van der Waals surface area (Å²) in [6, 6.07) is 72.5. The van der Waals surface area contributed by atoms with E-state index >= 15 is 0 Å². The Morgan fingerprint density at radius 2 is 0.966 bits per heavy atom. The lowest BCUT2D eigenvalue weighted by Gasteiger charge is -2.27. The van der Waals surface area contributed by atoms with Crippen LogP contribution < -0.4 is 4.90 Å². The van der Waals surface area contributed by atoms with E-state index in [4.69, 9.17) is 4.42 Å². The third-order valence-corrected chi connectivity index (χ3v) is 12.2. The molecule has 0 radical (unpaired) electrons. The monoisotopic (exact) mass is 739 g/mol. The molecule has 4 heterocycles. The number of aromatic nitrogens is 2. The average Bonchev–Trinajstić information content (AvgIpc) is 4.03. The van der Waals surface area contributed by atoms with Crippen molar-refractivity contribution >= 4 is 98.9 Å². The van der Waals surface area contributed by atoms with Crippen LogP contribution in [0.1, 0.15) is 0 Å². The molecule has 13 rings (SSSR count). The van der Waals surface area contributed by atoms with E-state index < -0.39 is 0 Å². The van der Waals surface area contributed by atoms with E-state index in [1.165, 1.54) is 71.0 Å². The quantitative estimate of drug-likeness (QED) is 0.176. The van der Waals surface area contributed by atoms with Crippen LogP contribution >= 0.6 is 0 Å². The minimum Gasteiger partial charge on any atom is -0.456 e. The van der Waals surface area contributed by atoms with E-state index in [-0.39, 0.29) is 0 Å². The van der Waals surface area contributed by atoms with Crippen molar-refractivity contribution < 1.29 is 4.42 Å². The summed E-state index contributed by atoms with van der Waals surface area (Å²) in [4.78, 5) is 2.43. The SMILES string of the molecule is c1ccc(-n2c3ccccc3c3cc(-c4ccc(N(c5ccc6oc7ccccc7c6c5)c5ccc6c7ccccc7n7c8ccccc8c5c67)cc4)ccc32)cc1. The van der Waals surface area contributed by atoms with Gasteiger partial charge in [-0.1, -0.05) is 115 Å². The van der Waals surface area contributed by atoms with Gasteiger partial charge in [0.05, 0.1) is 33.3 Å². The van der Waals surface area contributed by atoms with Gasteiger partial charge in [0, 0.05) is 60.2 Å². The number of hydrogen-bond acceptors (Lipinski definition) is 2. The Hall–Kier alpha value is -7.82. The van der Waals surface area contributed by atoms with Gasteiger partial charge < -0.3 is 18.3 Å². The number of benzene rings is 9. The Kier molecular flexibility index (Phi) is 6.41. The Balaban J connectivity index is 1.02. The van der Waals surface area contributed by atoms with Crippen LogP contribution in [0.15, 0.2) is 205 Å². The molecule has 0 aliphatic carbocycles. The molecule has 0 aliphatic rings. The first-order chi connectivity index (χ1) is 28.8. The molecule has 4 heteroatoms. The minimum atomic E-state index is 0.884. The average molecular weight is 740 g/mol. The first-order valence-corrected chi connectivity index (χ1v) is 19.8. The fraction of sp³-hybridized carbons (Fsp3) is 0. The minimum absolute atomic E-state index is 0.884. The first-order valence-electron chi connectivity index (χ1n) is 19.8. The molecular weight excluding hydrogens is 707 g/mol. The molecule has 0 saturated heterocycles. The van der Waals surface area contributed by atoms with E-state index in [1.807, 2.05) is 12.1 Å². The normalized spacial score (nSPS) is 12.1. The van der Waals surface area contributed by atoms with Crippen LogP contribution in [0, 0.1) is 0 Å². The first kappa shape index (κ1) is 31.4. The number of anilines is 3. The molecule has 0 saturated carbocycles. The number of furan rings is 1. The lowest BCUT2D eigenvalue weighted by molar-refractivity contribution is 0.669. The largest absolute Gasteiger partial charge is 0.456 e. The summed E-state index contributed by atoms with van der Waals surface area (Å²) < 4.78 is 11.1. The third-order valence-electron chi connectivity index (χ3n) is 12.2. The predicted octanol–water partition coefficient (Wildman–Crippen LogP) is 15.0. The fourth-order valence-corrected chi connectivity index (χ4v) is 9.72. The Morgan fingerprint density at radius 3 is 1.78 bits per heavy atom. The highest BCUT2D eigenvalue weighted by Gasteiger charge is 2.24. The van der Waals surface area contributed by atoms with Crippen molar-refractivity contribution in [3.8, 4) is 16.8 Å². The van der Waals surface area contributed by atoms with Crippen molar-refractivity contribution in [3.05, 3.63) is 200 Å². The van der Waals surface area contributed by atoms with E-state index in [2.05, 4.69) is 202 Å². The Bertz CT molecular complexity index is 3740. The van der Waals surface area contributed by atoms with Gasteiger partial charge in [-0.15, -0.1) is 0 Å². The zero-order chi connectivity index (χ0) is 37.9. The van der Waals surface area contributed by atoms with Crippen molar-refractivity contribution in [1.82, 2.24) is 8.97 Å². The van der Waals surface area contributed by atoms with Crippen LogP contribution in [-0.2, 0) is 0 Å². The van der Waals surface area contributed by atoms with Crippen LogP contribution in [-0.4, -0.2) is 8.97 Å². The van der Waals surface area contributed by atoms with Gasteiger partial charge in [0.1, 0.15) is 11.2 Å². The molecule has 0 amide bonds. The van der Waals surface area contributed by atoms with Crippen LogP contribution in [0.2, 0.25) is 0 Å². The van der Waals surface area contributed by atoms with Gasteiger partial charge in [-0.2, -0.15) is 0 Å². The van der Waals surface area contributed by atoms with Gasteiger partial charge in [0.25, 0.3) is 0 Å². The lowest BCUT2D eigenvalue weighted by atomic mass is 10.0. The van der Waals surface area contributed by atoms with Gasteiger partial charge in [-0.05, 0) is 96.1 Å². The van der Waals surface area contributed by atoms with E-state index in [0.29, 0.717) is 0 Å². The Morgan fingerprint density at radius 1 is 0.362 bits per heavy atom. The van der Waals surface area contributed by atoms with Crippen LogP contribution in [0.4, 0.5) is 17.1 Å². The highest BCUT2D eigenvalue weighted by atomic mass is 16.3. The smallest absolute Gasteiger partial charge is 0.135 e. The molecule has 0 N–H and O–H groups in total. The molecule has 4 nitrogen and oxygen atoms in total. The van der Waals surface area contributed by atoms with Crippen molar-refractivity contribution in [2.24, 2.45) is 0 Å². The second-order valence-electron chi connectivity index (χ2n) is 15.3. The van der Waals surface area contributed by atoms with E-state index in [0.717, 1.165) is 44.7 Å². The summed E-state index contributed by atoms with van der Waals surface area (Å²) in [5, 5.41) is 9.72. The highest BCUT2D eigenvalue weighted by Crippen LogP contribution is 2.48. The van der Waals surface area contributed by atoms with Crippen LogP contribution in [0.25, 0.3) is 98.7 Å². The zero-order valence-electron chi connectivity index (χ0n) is 31.3. The zero-order valence-corrected chi connectivity index (χ0v) is 31.3. The molecular formula is C54H33N3O. The maximum atomic E-state index is 6.31. The number of para-hydroxylation sites is 5. The lowest BCUT2D eigenvalue weighted by Crippen LogP contribution is -2.10. The fourth-order valence-electron chi connectivity index (χ4n) is 9.72. The topological polar surface area (TPSA) is 25.7 Å². The molecule has 4 aromatic heterocycles. The van der Waals surface area contributed by atoms with Crippen molar-refractivity contribution in [2.75, 3.05) is 4.90 Å². The molecule has 0 aliphatic heterocycles. The van der Waals surface area contributed by atoms with Crippen molar-refractivity contribution in [1.29, 1.82) is 0 Å². The number of nitrogens with zero attached hydrogens (tertiary/aromatic N) is 3. The molecule has 9 aromatic carbocycles. The summed E-state index contributed by atoms with van der Waals surface area (Å²) in [6.07, 6.45) is 0. The summed E-state index contributed by atoms with van der Waals surface area (Å²) >= 11 is 0. The molecule has 0 atom stereocenters. The number of hydrogen-bond donors (Lipinski definition) is 0. The van der Waals surface area contributed by atoms with Crippen LogP contribution in [0.5, 0.6) is 0 Å². The van der Waals surface area contributed by atoms with Gasteiger partial charge in [0.2, 0.25) is 0 Å². The van der Waals surface area contributed by atoms with Crippen molar-refractivity contribution in [3.63, 3.8) is 0 Å². The predicted molar refractivity (Wildman–Crippen MR) is 243 cm³/mol. The number of fused-ring (bicyclic) bond motifs is 12. The summed E-state index contributed by atoms with van der Waals surface area (Å²) in [5.74, 6) is 0. The molecule has 13 aromatic rings. The number of rotatable bonds is 5.